The van der Waals surface area contributed by atoms with E-state index in [2.05, 4.69) is 36.2 Å². The van der Waals surface area contributed by atoms with Crippen LogP contribution in [0.2, 0.25) is 0 Å². The summed E-state index contributed by atoms with van der Waals surface area (Å²) in [6, 6.07) is 0.796. The third-order valence-corrected chi connectivity index (χ3v) is 4.93. The van der Waals surface area contributed by atoms with Crippen LogP contribution in [0.1, 0.15) is 39.5 Å². The first-order chi connectivity index (χ1) is 16.6. The Morgan fingerprint density at radius 1 is 1.03 bits per heavy atom. The lowest BCUT2D eigenvalue weighted by Gasteiger charge is -2.16. The van der Waals surface area contributed by atoms with Crippen molar-refractivity contribution in [2.75, 3.05) is 18.4 Å². The Hall–Kier alpha value is -4.30. The Labute approximate surface area is 199 Å². The van der Waals surface area contributed by atoms with Crippen molar-refractivity contribution in [3.63, 3.8) is 0 Å². The molecule has 1 aromatic carbocycles. The molecule has 35 heavy (non-hydrogen) atoms. The van der Waals surface area contributed by atoms with E-state index in [9.17, 15) is 29.3 Å². The van der Waals surface area contributed by atoms with Gasteiger partial charge in [0, 0.05) is 19.0 Å². The fraction of sp³-hybridized carbons (Fsp3) is 0.500. The van der Waals surface area contributed by atoms with Crippen LogP contribution in [0.5, 0.6) is 0 Å². The van der Waals surface area contributed by atoms with Crippen molar-refractivity contribution in [2.45, 2.75) is 51.6 Å². The number of amides is 3. The van der Waals surface area contributed by atoms with Crippen LogP contribution in [0.3, 0.4) is 0 Å². The monoisotopic (exact) mass is 493 g/mol. The van der Waals surface area contributed by atoms with Gasteiger partial charge in [-0.25, -0.2) is 4.63 Å². The number of carbonyl (C=O) groups excluding carboxylic acids is 3. The number of non-ortho nitro benzene ring substituents is 1. The van der Waals surface area contributed by atoms with Gasteiger partial charge in [-0.15, -0.1) is 0 Å². The highest BCUT2D eigenvalue weighted by molar-refractivity contribution is 5.93. The highest BCUT2D eigenvalue weighted by Gasteiger charge is 2.21. The molecule has 0 saturated carbocycles. The average molecular weight is 493 g/mol. The minimum absolute atomic E-state index is 0.0607. The number of nitro benzene ring substituents is 1. The minimum atomic E-state index is -1.20. The summed E-state index contributed by atoms with van der Waals surface area (Å²) in [6.45, 7) is 2.92. The van der Waals surface area contributed by atoms with E-state index in [1.54, 1.807) is 0 Å². The van der Waals surface area contributed by atoms with Crippen molar-refractivity contribution in [1.82, 2.24) is 26.3 Å². The smallest absolute Gasteiger partial charge is 0.325 e. The number of hydrogen-bond acceptors (Lipinski definition) is 10. The van der Waals surface area contributed by atoms with E-state index in [1.807, 2.05) is 0 Å². The van der Waals surface area contributed by atoms with Gasteiger partial charge in [-0.2, -0.15) is 0 Å². The molecule has 15 heteroatoms. The normalized spacial score (nSPS) is 12.4. The van der Waals surface area contributed by atoms with Gasteiger partial charge in [0.05, 0.1) is 17.2 Å². The van der Waals surface area contributed by atoms with Gasteiger partial charge in [0.25, 0.3) is 0 Å². The van der Waals surface area contributed by atoms with Crippen LogP contribution in [-0.2, 0) is 19.2 Å². The Morgan fingerprint density at radius 3 is 2.43 bits per heavy atom. The molecule has 0 radical (unpaired) electrons. The summed E-state index contributed by atoms with van der Waals surface area (Å²) in [6.07, 6.45) is 2.19. The van der Waals surface area contributed by atoms with Crippen molar-refractivity contribution in [1.29, 1.82) is 0 Å². The van der Waals surface area contributed by atoms with Crippen molar-refractivity contribution < 1.29 is 33.8 Å². The Bertz CT molecular complexity index is 1090. The molecule has 3 amide bonds. The number of carbonyl (C=O) groups is 4. The number of carboxylic acid groups (broad SMARTS) is 1. The average Bonchev–Trinajstić information content (AvgIpc) is 3.29. The molecule has 1 aromatic heterocycles. The van der Waals surface area contributed by atoms with E-state index in [0.717, 1.165) is 0 Å². The quantitative estimate of drug-likeness (QED) is 0.137. The van der Waals surface area contributed by atoms with Gasteiger partial charge in [0.15, 0.2) is 5.52 Å². The van der Waals surface area contributed by atoms with Crippen LogP contribution in [-0.4, -0.2) is 69.2 Å². The predicted octanol–water partition coefficient (Wildman–Crippen LogP) is 0.314. The molecule has 15 nitrogen and oxygen atoms in total. The molecule has 0 unspecified atom stereocenters. The third kappa shape index (κ3) is 8.21. The summed E-state index contributed by atoms with van der Waals surface area (Å²) in [5, 5.41) is 37.2. The number of fused-ring (bicyclic) bond motifs is 1. The maximum Gasteiger partial charge on any atom is 0.325 e. The minimum Gasteiger partial charge on any atom is -0.480 e. The van der Waals surface area contributed by atoms with Gasteiger partial charge < -0.3 is 26.4 Å². The number of aliphatic carboxylic acids is 1. The molecular formula is C20H27N7O8. The van der Waals surface area contributed by atoms with Crippen molar-refractivity contribution in [3.8, 4) is 0 Å². The summed E-state index contributed by atoms with van der Waals surface area (Å²) in [4.78, 5) is 56.8. The summed E-state index contributed by atoms with van der Waals surface area (Å²) >= 11 is 0. The molecule has 1 heterocycles. The van der Waals surface area contributed by atoms with E-state index in [1.165, 1.54) is 26.0 Å². The molecule has 0 saturated heterocycles. The van der Waals surface area contributed by atoms with Crippen LogP contribution in [0.15, 0.2) is 16.8 Å². The standard InChI is InChI=1S/C20H27N7O8/c1-11(19(30)24-12(2)20(31)32)23-16(29)10-22-15(28)6-4-3-5-9-21-13-7-8-14(27(33)34)18-17(13)25-35-26-18/h7-8,11-12,21H,3-6,9-10H2,1-2H3,(H,22,28)(H,23,29)(H,24,30)(H,31,32)/t11-,12+/m1/s1. The maximum atomic E-state index is 11.9. The number of unbranched alkanes of at least 4 members (excludes halogenated alkanes) is 2. The summed E-state index contributed by atoms with van der Waals surface area (Å²) in [5.74, 6) is -2.75. The van der Waals surface area contributed by atoms with E-state index >= 15 is 0 Å². The van der Waals surface area contributed by atoms with Crippen LogP contribution in [0.4, 0.5) is 11.4 Å². The second kappa shape index (κ2) is 12.8. The molecule has 5 N–H and O–H groups in total. The fourth-order valence-electron chi connectivity index (χ4n) is 2.98. The van der Waals surface area contributed by atoms with Crippen molar-refractivity contribution >= 4 is 46.1 Å². The zero-order valence-corrected chi connectivity index (χ0v) is 19.2. The molecule has 0 bridgehead atoms. The molecule has 0 aliphatic heterocycles. The van der Waals surface area contributed by atoms with Gasteiger partial charge in [-0.1, -0.05) is 6.42 Å². The molecule has 0 aliphatic carbocycles. The zero-order chi connectivity index (χ0) is 26.0. The molecule has 190 valence electrons. The molecular weight excluding hydrogens is 466 g/mol. The van der Waals surface area contributed by atoms with Crippen molar-refractivity contribution in [3.05, 3.63) is 22.2 Å². The van der Waals surface area contributed by atoms with E-state index in [-0.39, 0.29) is 35.6 Å². The van der Waals surface area contributed by atoms with E-state index in [0.29, 0.717) is 31.5 Å². The van der Waals surface area contributed by atoms with Gasteiger partial charge in [0.1, 0.15) is 12.1 Å². The molecule has 2 aromatic rings. The number of carboxylic acids is 1. The highest BCUT2D eigenvalue weighted by Crippen LogP contribution is 2.28. The number of aromatic nitrogens is 2. The van der Waals surface area contributed by atoms with Gasteiger partial charge in [-0.05, 0) is 43.1 Å². The summed E-state index contributed by atoms with van der Waals surface area (Å²) in [5.41, 5.74) is 0.679. The Kier molecular flexibility index (Phi) is 9.86. The van der Waals surface area contributed by atoms with Crippen LogP contribution in [0.25, 0.3) is 11.0 Å². The van der Waals surface area contributed by atoms with E-state index in [4.69, 9.17) is 5.11 Å². The predicted molar refractivity (Wildman–Crippen MR) is 121 cm³/mol. The summed E-state index contributed by atoms with van der Waals surface area (Å²) < 4.78 is 4.61. The highest BCUT2D eigenvalue weighted by atomic mass is 16.6. The van der Waals surface area contributed by atoms with Gasteiger partial charge in [0.2, 0.25) is 23.2 Å². The number of rotatable bonds is 14. The first-order valence-electron chi connectivity index (χ1n) is 10.8. The number of anilines is 1. The molecule has 0 aliphatic rings. The second-order valence-electron chi connectivity index (χ2n) is 7.72. The zero-order valence-electron chi connectivity index (χ0n) is 19.2. The lowest BCUT2D eigenvalue weighted by Crippen LogP contribution is -2.51. The fourth-order valence-corrected chi connectivity index (χ4v) is 2.98. The first kappa shape index (κ1) is 26.9. The van der Waals surface area contributed by atoms with Crippen LogP contribution < -0.4 is 21.3 Å². The second-order valence-corrected chi connectivity index (χ2v) is 7.72. The van der Waals surface area contributed by atoms with Gasteiger partial charge >= 0.3 is 11.7 Å². The Balaban J connectivity index is 1.61. The SMILES string of the molecule is C[C@H](NC(=O)[C@@H](C)NC(=O)CNC(=O)CCCCCNc1ccc([N+](=O)[O-])c2nonc12)C(=O)O. The molecule has 2 rings (SSSR count). The Morgan fingerprint density at radius 2 is 1.74 bits per heavy atom. The lowest BCUT2D eigenvalue weighted by atomic mass is 10.1. The molecule has 0 spiro atoms. The van der Waals surface area contributed by atoms with E-state index < -0.39 is 34.8 Å². The number of nitro groups is 1. The largest absolute Gasteiger partial charge is 0.480 e. The first-order valence-corrected chi connectivity index (χ1v) is 10.8. The molecule has 0 fully saturated rings. The third-order valence-electron chi connectivity index (χ3n) is 4.93. The van der Waals surface area contributed by atoms with Crippen LogP contribution >= 0.6 is 0 Å². The van der Waals surface area contributed by atoms with Crippen molar-refractivity contribution in [2.24, 2.45) is 0 Å². The number of hydrogen-bond donors (Lipinski definition) is 5. The number of benzene rings is 1. The van der Waals surface area contributed by atoms with Gasteiger partial charge in [-0.3, -0.25) is 29.3 Å². The number of nitrogens with one attached hydrogen (secondary N) is 4. The maximum absolute atomic E-state index is 11.9. The summed E-state index contributed by atoms with van der Waals surface area (Å²) in [7, 11) is 0. The van der Waals surface area contributed by atoms with Crippen LogP contribution in [0, 0.1) is 10.1 Å². The topological polar surface area (TPSA) is 219 Å². The molecule has 2 atom stereocenters. The lowest BCUT2D eigenvalue weighted by molar-refractivity contribution is -0.383. The number of nitrogens with zero attached hydrogens (tertiary/aromatic N) is 3.